The largest absolute Gasteiger partial charge is 0.467 e. The van der Waals surface area contributed by atoms with E-state index in [1.165, 1.54) is 7.11 Å². The molecule has 0 aliphatic carbocycles. The lowest BCUT2D eigenvalue weighted by atomic mass is 10.0. The van der Waals surface area contributed by atoms with Gasteiger partial charge >= 0.3 is 5.97 Å². The number of nitrogens with one attached hydrogen (secondary N) is 1. The van der Waals surface area contributed by atoms with Gasteiger partial charge in [0.15, 0.2) is 0 Å². The number of hydrogen-bond acceptors (Lipinski definition) is 3. The highest BCUT2D eigenvalue weighted by atomic mass is 35.5. The van der Waals surface area contributed by atoms with Crippen LogP contribution in [-0.4, -0.2) is 25.0 Å². The minimum Gasteiger partial charge on any atom is -0.467 e. The summed E-state index contributed by atoms with van der Waals surface area (Å²) in [7, 11) is 1.31. The van der Waals surface area contributed by atoms with Crippen molar-refractivity contribution in [3.8, 4) is 0 Å². The Morgan fingerprint density at radius 2 is 2.05 bits per heavy atom. The first-order valence-electron chi connectivity index (χ1n) is 6.08. The van der Waals surface area contributed by atoms with Crippen molar-refractivity contribution in [3.05, 3.63) is 34.9 Å². The number of carbonyl (C=O) groups excluding carboxylic acids is 2. The van der Waals surface area contributed by atoms with E-state index >= 15 is 0 Å². The van der Waals surface area contributed by atoms with Gasteiger partial charge < -0.3 is 10.1 Å². The lowest BCUT2D eigenvalue weighted by Crippen LogP contribution is -2.42. The monoisotopic (exact) mass is 283 g/mol. The predicted molar refractivity (Wildman–Crippen MR) is 74.2 cm³/mol. The second-order valence-electron chi connectivity index (χ2n) is 4.69. The van der Waals surface area contributed by atoms with Gasteiger partial charge in [-0.2, -0.15) is 0 Å². The summed E-state index contributed by atoms with van der Waals surface area (Å²) in [5.41, 5.74) is 0.421. The smallest absolute Gasteiger partial charge is 0.328 e. The van der Waals surface area contributed by atoms with Gasteiger partial charge in [0.1, 0.15) is 6.04 Å². The quantitative estimate of drug-likeness (QED) is 0.845. The summed E-state index contributed by atoms with van der Waals surface area (Å²) in [6.45, 7) is 3.95. The first kappa shape index (κ1) is 15.5. The van der Waals surface area contributed by atoms with Crippen LogP contribution in [0.25, 0.3) is 0 Å². The molecule has 0 saturated heterocycles. The Hall–Kier alpha value is -1.55. The van der Waals surface area contributed by atoms with Crippen molar-refractivity contribution in [2.75, 3.05) is 7.11 Å². The summed E-state index contributed by atoms with van der Waals surface area (Å²) in [5.74, 6) is -0.508. The lowest BCUT2D eigenvalue weighted by molar-refractivity contribution is -0.143. The van der Waals surface area contributed by atoms with Crippen LogP contribution in [0.4, 0.5) is 0 Å². The van der Waals surface area contributed by atoms with Gasteiger partial charge in [0.25, 0.3) is 5.91 Å². The summed E-state index contributed by atoms with van der Waals surface area (Å²) in [6.07, 6.45) is 0.527. The summed E-state index contributed by atoms with van der Waals surface area (Å²) in [4.78, 5) is 23.6. The van der Waals surface area contributed by atoms with Crippen molar-refractivity contribution in [2.24, 2.45) is 5.92 Å². The summed E-state index contributed by atoms with van der Waals surface area (Å²) in [5, 5.41) is 3.15. The third kappa shape index (κ3) is 4.91. The van der Waals surface area contributed by atoms with E-state index in [0.29, 0.717) is 17.0 Å². The Kier molecular flexibility index (Phi) is 5.83. The van der Waals surface area contributed by atoms with E-state index in [4.69, 9.17) is 16.3 Å². The van der Waals surface area contributed by atoms with Crippen molar-refractivity contribution < 1.29 is 14.3 Å². The summed E-state index contributed by atoms with van der Waals surface area (Å²) in [6, 6.07) is 5.93. The number of hydrogen-bond donors (Lipinski definition) is 1. The molecular weight excluding hydrogens is 266 g/mol. The van der Waals surface area contributed by atoms with E-state index < -0.39 is 12.0 Å². The van der Waals surface area contributed by atoms with Crippen molar-refractivity contribution in [1.29, 1.82) is 0 Å². The molecule has 1 rings (SSSR count). The number of rotatable bonds is 5. The fourth-order valence-corrected chi connectivity index (χ4v) is 1.89. The van der Waals surface area contributed by atoms with E-state index in [2.05, 4.69) is 5.32 Å². The Balaban J connectivity index is 2.78. The lowest BCUT2D eigenvalue weighted by Gasteiger charge is -2.18. The minimum atomic E-state index is -0.642. The van der Waals surface area contributed by atoms with Crippen LogP contribution in [-0.2, 0) is 9.53 Å². The van der Waals surface area contributed by atoms with Gasteiger partial charge in [-0.15, -0.1) is 0 Å². The van der Waals surface area contributed by atoms with E-state index in [1.54, 1.807) is 24.3 Å². The maximum Gasteiger partial charge on any atom is 0.328 e. The molecule has 4 nitrogen and oxygen atoms in total. The molecule has 0 radical (unpaired) electrons. The van der Waals surface area contributed by atoms with Crippen molar-refractivity contribution in [2.45, 2.75) is 26.3 Å². The third-order valence-electron chi connectivity index (χ3n) is 2.58. The number of carbonyl (C=O) groups is 2. The topological polar surface area (TPSA) is 55.4 Å². The number of ether oxygens (including phenoxy) is 1. The Morgan fingerprint density at radius 3 is 2.58 bits per heavy atom. The standard InChI is InChI=1S/C14H18ClNO3/c1-9(2)7-12(14(18)19-3)16-13(17)10-5-4-6-11(15)8-10/h4-6,8-9,12H,7H2,1-3H3,(H,16,17)/t12-/m1/s1. The molecular formula is C14H18ClNO3. The Labute approximate surface area is 118 Å². The van der Waals surface area contributed by atoms with Crippen LogP contribution in [0.2, 0.25) is 5.02 Å². The fraction of sp³-hybridized carbons (Fsp3) is 0.429. The molecule has 0 heterocycles. The molecule has 1 aromatic rings. The van der Waals surface area contributed by atoms with Crippen molar-refractivity contribution in [1.82, 2.24) is 5.32 Å². The van der Waals surface area contributed by atoms with E-state index in [9.17, 15) is 9.59 Å². The zero-order valence-electron chi connectivity index (χ0n) is 11.3. The minimum absolute atomic E-state index is 0.267. The molecule has 5 heteroatoms. The molecule has 1 N–H and O–H groups in total. The highest BCUT2D eigenvalue weighted by molar-refractivity contribution is 6.30. The average Bonchev–Trinajstić information content (AvgIpc) is 2.36. The van der Waals surface area contributed by atoms with Crippen molar-refractivity contribution in [3.63, 3.8) is 0 Å². The Morgan fingerprint density at radius 1 is 1.37 bits per heavy atom. The van der Waals surface area contributed by atoms with E-state index in [-0.39, 0.29) is 11.8 Å². The van der Waals surface area contributed by atoms with E-state index in [1.807, 2.05) is 13.8 Å². The zero-order valence-corrected chi connectivity index (χ0v) is 12.0. The number of esters is 1. The molecule has 19 heavy (non-hydrogen) atoms. The van der Waals surface area contributed by atoms with Crippen LogP contribution in [0.1, 0.15) is 30.6 Å². The summed E-state index contributed by atoms with van der Waals surface area (Å²) >= 11 is 5.83. The molecule has 0 aliphatic heterocycles. The van der Waals surface area contributed by atoms with Crippen molar-refractivity contribution >= 4 is 23.5 Å². The van der Waals surface area contributed by atoms with Crippen LogP contribution in [0.3, 0.4) is 0 Å². The molecule has 104 valence electrons. The van der Waals surface area contributed by atoms with Crippen LogP contribution in [0.5, 0.6) is 0 Å². The molecule has 0 aliphatic rings. The molecule has 1 amide bonds. The van der Waals surface area contributed by atoms with Crippen LogP contribution in [0, 0.1) is 5.92 Å². The number of benzene rings is 1. The van der Waals surface area contributed by atoms with Gasteiger partial charge in [-0.25, -0.2) is 4.79 Å². The van der Waals surface area contributed by atoms with Gasteiger partial charge in [-0.05, 0) is 30.5 Å². The van der Waals surface area contributed by atoms with Gasteiger partial charge in [-0.3, -0.25) is 4.79 Å². The SMILES string of the molecule is COC(=O)[C@@H](CC(C)C)NC(=O)c1cccc(Cl)c1. The average molecular weight is 284 g/mol. The second kappa shape index (κ2) is 7.14. The number of methoxy groups -OCH3 is 1. The molecule has 1 aromatic carbocycles. The zero-order chi connectivity index (χ0) is 14.4. The first-order chi connectivity index (χ1) is 8.93. The third-order valence-corrected chi connectivity index (χ3v) is 2.82. The maximum atomic E-state index is 12.0. The highest BCUT2D eigenvalue weighted by Gasteiger charge is 2.23. The van der Waals surface area contributed by atoms with E-state index in [0.717, 1.165) is 0 Å². The molecule has 0 fully saturated rings. The molecule has 0 aromatic heterocycles. The number of halogens is 1. The molecule has 0 spiro atoms. The predicted octanol–water partition coefficient (Wildman–Crippen LogP) is 2.66. The molecule has 0 bridgehead atoms. The van der Waals surface area contributed by atoms with Crippen LogP contribution < -0.4 is 5.32 Å². The molecule has 0 unspecified atom stereocenters. The summed E-state index contributed by atoms with van der Waals surface area (Å²) < 4.78 is 4.69. The fourth-order valence-electron chi connectivity index (χ4n) is 1.70. The Bertz CT molecular complexity index is 460. The highest BCUT2D eigenvalue weighted by Crippen LogP contribution is 2.12. The van der Waals surface area contributed by atoms with Crippen LogP contribution in [0.15, 0.2) is 24.3 Å². The first-order valence-corrected chi connectivity index (χ1v) is 6.46. The second-order valence-corrected chi connectivity index (χ2v) is 5.13. The molecule has 0 saturated carbocycles. The van der Waals surface area contributed by atoms with Crippen LogP contribution >= 0.6 is 11.6 Å². The normalized spacial score (nSPS) is 12.1. The molecule has 1 atom stereocenters. The maximum absolute atomic E-state index is 12.0. The number of amides is 1. The van der Waals surface area contributed by atoms with Gasteiger partial charge in [0.2, 0.25) is 0 Å². The van der Waals surface area contributed by atoms with Gasteiger partial charge in [-0.1, -0.05) is 31.5 Å². The van der Waals surface area contributed by atoms with Gasteiger partial charge in [0, 0.05) is 10.6 Å². The van der Waals surface area contributed by atoms with Gasteiger partial charge in [0.05, 0.1) is 7.11 Å².